The summed E-state index contributed by atoms with van der Waals surface area (Å²) in [6, 6.07) is 9.39. The van der Waals surface area contributed by atoms with Gasteiger partial charge in [0.25, 0.3) is 0 Å². The molecule has 3 heterocycles. The second-order valence-electron chi connectivity index (χ2n) is 5.71. The van der Waals surface area contributed by atoms with Crippen LogP contribution in [0.5, 0.6) is 0 Å². The third-order valence-electron chi connectivity index (χ3n) is 4.15. The van der Waals surface area contributed by atoms with Gasteiger partial charge in [-0.15, -0.1) is 11.3 Å². The monoisotopic (exact) mass is 344 g/mol. The molecule has 0 bridgehead atoms. The Morgan fingerprint density at radius 1 is 1.33 bits per heavy atom. The van der Waals surface area contributed by atoms with Crippen molar-refractivity contribution in [3.63, 3.8) is 0 Å². The highest BCUT2D eigenvalue weighted by Crippen LogP contribution is 2.38. The molecule has 1 aliphatic rings. The highest BCUT2D eigenvalue weighted by molar-refractivity contribution is 7.10. The number of nitrogens with one attached hydrogen (secondary N) is 2. The zero-order chi connectivity index (χ0) is 16.9. The van der Waals surface area contributed by atoms with Gasteiger partial charge in [0.2, 0.25) is 11.8 Å². The van der Waals surface area contributed by atoms with Crippen molar-refractivity contribution in [1.82, 2.24) is 15.2 Å². The first-order valence-corrected chi connectivity index (χ1v) is 8.76. The second-order valence-corrected chi connectivity index (χ2v) is 6.69. The van der Waals surface area contributed by atoms with Gasteiger partial charge in [-0.3, -0.25) is 9.59 Å². The molecule has 2 aromatic heterocycles. The van der Waals surface area contributed by atoms with Gasteiger partial charge in [-0.25, -0.2) is 4.98 Å². The van der Waals surface area contributed by atoms with E-state index in [1.165, 1.54) is 0 Å². The SMILES string of the molecule is CN1C(=O)C[C@@H](C(=O)NCCNc2ccccn2)[C@@H]1c1cccs1. The Kier molecular flexibility index (Phi) is 5.10. The molecule has 2 atom stereocenters. The van der Waals surface area contributed by atoms with E-state index in [2.05, 4.69) is 15.6 Å². The van der Waals surface area contributed by atoms with Crippen LogP contribution in [-0.4, -0.2) is 41.8 Å². The average molecular weight is 344 g/mol. The summed E-state index contributed by atoms with van der Waals surface area (Å²) in [7, 11) is 1.77. The molecule has 1 saturated heterocycles. The maximum Gasteiger partial charge on any atom is 0.226 e. The Hall–Kier alpha value is -2.41. The molecule has 7 heteroatoms. The minimum absolute atomic E-state index is 0.0140. The van der Waals surface area contributed by atoms with E-state index in [1.54, 1.807) is 29.5 Å². The van der Waals surface area contributed by atoms with Crippen LogP contribution in [0.15, 0.2) is 41.9 Å². The summed E-state index contributed by atoms with van der Waals surface area (Å²) in [4.78, 5) is 31.5. The van der Waals surface area contributed by atoms with Crippen LogP contribution in [0.2, 0.25) is 0 Å². The van der Waals surface area contributed by atoms with Gasteiger partial charge in [-0.05, 0) is 23.6 Å². The van der Waals surface area contributed by atoms with Gasteiger partial charge in [-0.2, -0.15) is 0 Å². The van der Waals surface area contributed by atoms with Crippen molar-refractivity contribution in [2.75, 3.05) is 25.5 Å². The van der Waals surface area contributed by atoms with Crippen LogP contribution in [0.3, 0.4) is 0 Å². The fourth-order valence-corrected chi connectivity index (χ4v) is 3.86. The zero-order valence-electron chi connectivity index (χ0n) is 13.4. The largest absolute Gasteiger partial charge is 0.368 e. The maximum atomic E-state index is 12.5. The van der Waals surface area contributed by atoms with E-state index >= 15 is 0 Å². The Morgan fingerprint density at radius 3 is 2.92 bits per heavy atom. The van der Waals surface area contributed by atoms with Crippen LogP contribution in [0.1, 0.15) is 17.3 Å². The summed E-state index contributed by atoms with van der Waals surface area (Å²) in [5.41, 5.74) is 0. The Labute approximate surface area is 144 Å². The van der Waals surface area contributed by atoms with Crippen molar-refractivity contribution in [2.45, 2.75) is 12.5 Å². The fraction of sp³-hybridized carbons (Fsp3) is 0.353. The molecule has 0 saturated carbocycles. The van der Waals surface area contributed by atoms with Crippen molar-refractivity contribution in [3.05, 3.63) is 46.8 Å². The number of hydrogen-bond acceptors (Lipinski definition) is 5. The summed E-state index contributed by atoms with van der Waals surface area (Å²) < 4.78 is 0. The quantitative estimate of drug-likeness (QED) is 0.785. The zero-order valence-corrected chi connectivity index (χ0v) is 14.3. The Bertz CT molecular complexity index is 690. The molecule has 3 rings (SSSR count). The number of carbonyl (C=O) groups is 2. The summed E-state index contributed by atoms with van der Waals surface area (Å²) in [5.74, 6) is 0.379. The van der Waals surface area contributed by atoms with E-state index in [4.69, 9.17) is 0 Å². The summed E-state index contributed by atoms with van der Waals surface area (Å²) >= 11 is 1.58. The number of aromatic nitrogens is 1. The topological polar surface area (TPSA) is 74.3 Å². The van der Waals surface area contributed by atoms with Gasteiger partial charge in [0.15, 0.2) is 0 Å². The lowest BCUT2D eigenvalue weighted by molar-refractivity contribution is -0.128. The van der Waals surface area contributed by atoms with E-state index in [-0.39, 0.29) is 30.2 Å². The van der Waals surface area contributed by atoms with Crippen LogP contribution in [0, 0.1) is 5.92 Å². The number of nitrogens with zero attached hydrogens (tertiary/aromatic N) is 2. The highest BCUT2D eigenvalue weighted by Gasteiger charge is 2.42. The van der Waals surface area contributed by atoms with Crippen molar-refractivity contribution in [3.8, 4) is 0 Å². The minimum atomic E-state index is -0.337. The van der Waals surface area contributed by atoms with Gasteiger partial charge in [0.1, 0.15) is 5.82 Å². The van der Waals surface area contributed by atoms with Crippen molar-refractivity contribution < 1.29 is 9.59 Å². The third kappa shape index (κ3) is 3.56. The highest BCUT2D eigenvalue weighted by atomic mass is 32.1. The van der Waals surface area contributed by atoms with Gasteiger partial charge in [0, 0.05) is 37.6 Å². The molecule has 126 valence electrons. The molecule has 1 fully saturated rings. The van der Waals surface area contributed by atoms with Crippen LogP contribution < -0.4 is 10.6 Å². The first-order chi connectivity index (χ1) is 11.7. The normalized spacial score (nSPS) is 20.2. The molecule has 2 amide bonds. The molecule has 6 nitrogen and oxygen atoms in total. The van der Waals surface area contributed by atoms with Gasteiger partial charge in [-0.1, -0.05) is 12.1 Å². The molecular weight excluding hydrogens is 324 g/mol. The molecular formula is C17H20N4O2S. The maximum absolute atomic E-state index is 12.5. The van der Waals surface area contributed by atoms with E-state index in [0.717, 1.165) is 10.7 Å². The van der Waals surface area contributed by atoms with E-state index in [1.807, 2.05) is 35.7 Å². The predicted molar refractivity (Wildman–Crippen MR) is 93.7 cm³/mol. The first-order valence-electron chi connectivity index (χ1n) is 7.88. The summed E-state index contributed by atoms with van der Waals surface area (Å²) in [5, 5.41) is 8.04. The number of likely N-dealkylation sites (tertiary alicyclic amines) is 1. The number of pyridine rings is 1. The molecule has 0 radical (unpaired) electrons. The van der Waals surface area contributed by atoms with Crippen LogP contribution in [-0.2, 0) is 9.59 Å². The minimum Gasteiger partial charge on any atom is -0.368 e. The van der Waals surface area contributed by atoms with Crippen molar-refractivity contribution in [2.24, 2.45) is 5.92 Å². The lowest BCUT2D eigenvalue weighted by Gasteiger charge is -2.23. The summed E-state index contributed by atoms with van der Waals surface area (Å²) in [6.07, 6.45) is 1.98. The summed E-state index contributed by atoms with van der Waals surface area (Å²) in [6.45, 7) is 1.07. The van der Waals surface area contributed by atoms with Gasteiger partial charge < -0.3 is 15.5 Å². The fourth-order valence-electron chi connectivity index (χ4n) is 2.93. The standard InChI is InChI=1S/C17H20N4O2S/c1-21-15(22)11-12(16(21)13-5-4-10-24-13)17(23)20-9-8-19-14-6-2-3-7-18-14/h2-7,10,12,16H,8-9,11H2,1H3,(H,18,19)(H,20,23)/t12-,16-/m1/s1. The molecule has 2 aromatic rings. The first kappa shape index (κ1) is 16.4. The number of carbonyl (C=O) groups excluding carboxylic acids is 2. The number of thiophene rings is 1. The molecule has 24 heavy (non-hydrogen) atoms. The number of rotatable bonds is 6. The molecule has 0 aromatic carbocycles. The lowest BCUT2D eigenvalue weighted by Crippen LogP contribution is -2.36. The van der Waals surface area contributed by atoms with E-state index in [0.29, 0.717) is 13.1 Å². The second kappa shape index (κ2) is 7.44. The van der Waals surface area contributed by atoms with Gasteiger partial charge in [0.05, 0.1) is 12.0 Å². The van der Waals surface area contributed by atoms with Crippen molar-refractivity contribution in [1.29, 1.82) is 0 Å². The molecule has 0 unspecified atom stereocenters. The van der Waals surface area contributed by atoms with E-state index in [9.17, 15) is 9.59 Å². The Morgan fingerprint density at radius 2 is 2.21 bits per heavy atom. The molecule has 2 N–H and O–H groups in total. The van der Waals surface area contributed by atoms with Gasteiger partial charge >= 0.3 is 0 Å². The average Bonchev–Trinajstić information content (AvgIpc) is 3.21. The molecule has 0 aliphatic carbocycles. The number of anilines is 1. The van der Waals surface area contributed by atoms with Crippen LogP contribution in [0.4, 0.5) is 5.82 Å². The lowest BCUT2D eigenvalue weighted by atomic mass is 9.98. The molecule has 1 aliphatic heterocycles. The predicted octanol–water partition coefficient (Wildman–Crippen LogP) is 1.89. The third-order valence-corrected chi connectivity index (χ3v) is 5.10. The van der Waals surface area contributed by atoms with Crippen molar-refractivity contribution >= 4 is 29.0 Å². The molecule has 0 spiro atoms. The number of hydrogen-bond donors (Lipinski definition) is 2. The van der Waals surface area contributed by atoms with Crippen LogP contribution >= 0.6 is 11.3 Å². The van der Waals surface area contributed by atoms with Crippen LogP contribution in [0.25, 0.3) is 0 Å². The Balaban J connectivity index is 1.54. The van der Waals surface area contributed by atoms with E-state index < -0.39 is 0 Å². The smallest absolute Gasteiger partial charge is 0.226 e. The number of amides is 2.